The molecule has 3 aromatic rings. The van der Waals surface area contributed by atoms with E-state index in [1.807, 2.05) is 26.8 Å². The number of anilines is 1. The molecule has 2 N–H and O–H groups in total. The van der Waals surface area contributed by atoms with Crippen LogP contribution in [0.1, 0.15) is 22.4 Å². The molecule has 0 aromatic carbocycles. The summed E-state index contributed by atoms with van der Waals surface area (Å²) in [5.74, 6) is 0.749. The van der Waals surface area contributed by atoms with E-state index in [0.29, 0.717) is 28.6 Å². The van der Waals surface area contributed by atoms with E-state index in [1.54, 1.807) is 10.8 Å². The fourth-order valence-corrected chi connectivity index (χ4v) is 2.77. The Bertz CT molecular complexity index is 967. The first-order chi connectivity index (χ1) is 11.0. The van der Waals surface area contributed by atoms with E-state index in [9.17, 15) is 5.26 Å². The molecule has 0 saturated carbocycles. The van der Waals surface area contributed by atoms with Crippen LogP contribution in [0.25, 0.3) is 16.7 Å². The van der Waals surface area contributed by atoms with Crippen molar-refractivity contribution in [2.75, 3.05) is 12.8 Å². The molecule has 23 heavy (non-hydrogen) atoms. The Morgan fingerprint density at radius 1 is 1.26 bits per heavy atom. The molecule has 0 aliphatic rings. The highest BCUT2D eigenvalue weighted by atomic mass is 16.5. The van der Waals surface area contributed by atoms with E-state index in [0.717, 1.165) is 22.2 Å². The van der Waals surface area contributed by atoms with Gasteiger partial charge in [0.25, 0.3) is 0 Å². The van der Waals surface area contributed by atoms with Gasteiger partial charge < -0.3 is 10.5 Å². The molecule has 0 atom stereocenters. The Kier molecular flexibility index (Phi) is 3.37. The normalized spacial score (nSPS) is 10.7. The van der Waals surface area contributed by atoms with Crippen LogP contribution < -0.4 is 10.5 Å². The smallest absolute Gasteiger partial charge is 0.238 e. The van der Waals surface area contributed by atoms with Crippen LogP contribution in [0.2, 0.25) is 0 Å². The van der Waals surface area contributed by atoms with Gasteiger partial charge in [0.05, 0.1) is 18.5 Å². The minimum atomic E-state index is 0.335. The van der Waals surface area contributed by atoms with Gasteiger partial charge in [0.2, 0.25) is 5.88 Å². The molecule has 3 heterocycles. The van der Waals surface area contributed by atoms with Crippen molar-refractivity contribution in [1.29, 1.82) is 5.26 Å². The lowest BCUT2D eigenvalue weighted by molar-refractivity contribution is 0.387. The first-order valence-corrected chi connectivity index (χ1v) is 7.04. The number of nitrogen functional groups attached to an aromatic ring is 1. The lowest BCUT2D eigenvalue weighted by atomic mass is 10.2. The number of nitriles is 1. The second-order valence-electron chi connectivity index (χ2n) is 5.36. The summed E-state index contributed by atoms with van der Waals surface area (Å²) < 4.78 is 7.00. The van der Waals surface area contributed by atoms with Crippen molar-refractivity contribution in [1.82, 2.24) is 19.7 Å². The zero-order valence-electron chi connectivity index (χ0n) is 13.4. The average molecular weight is 308 g/mol. The van der Waals surface area contributed by atoms with Crippen molar-refractivity contribution in [3.05, 3.63) is 34.6 Å². The zero-order chi connectivity index (χ0) is 16.7. The van der Waals surface area contributed by atoms with Gasteiger partial charge in [-0.15, -0.1) is 10.2 Å². The largest absolute Gasteiger partial charge is 0.480 e. The van der Waals surface area contributed by atoms with Crippen molar-refractivity contribution >= 4 is 16.9 Å². The van der Waals surface area contributed by atoms with E-state index in [2.05, 4.69) is 21.3 Å². The van der Waals surface area contributed by atoms with Gasteiger partial charge in [0.15, 0.2) is 0 Å². The first-order valence-electron chi connectivity index (χ1n) is 7.04. The molecule has 0 amide bonds. The average Bonchev–Trinajstić information content (AvgIpc) is 2.79. The number of aromatic nitrogens is 4. The highest BCUT2D eigenvalue weighted by Gasteiger charge is 2.22. The maximum Gasteiger partial charge on any atom is 0.238 e. The number of rotatable bonds is 2. The first kappa shape index (κ1) is 14.8. The Labute approximate surface area is 133 Å². The fourth-order valence-electron chi connectivity index (χ4n) is 2.77. The number of pyridine rings is 1. The van der Waals surface area contributed by atoms with Crippen molar-refractivity contribution < 1.29 is 4.74 Å². The molecule has 0 aliphatic heterocycles. The number of nitrogens with zero attached hydrogens (tertiary/aromatic N) is 5. The number of nitrogens with two attached hydrogens (primary N) is 1. The highest BCUT2D eigenvalue weighted by molar-refractivity contribution is 5.92. The number of hydrogen-bond acceptors (Lipinski definition) is 6. The van der Waals surface area contributed by atoms with Crippen LogP contribution in [0.15, 0.2) is 12.3 Å². The molecule has 0 bridgehead atoms. The molecule has 3 rings (SSSR count). The predicted molar refractivity (Wildman–Crippen MR) is 86.6 cm³/mol. The van der Waals surface area contributed by atoms with Crippen molar-refractivity contribution in [2.45, 2.75) is 20.8 Å². The second kappa shape index (κ2) is 5.25. The third-order valence-electron chi connectivity index (χ3n) is 3.82. The molecule has 7 nitrogen and oxygen atoms in total. The topological polar surface area (TPSA) is 103 Å². The van der Waals surface area contributed by atoms with Crippen molar-refractivity contribution in [2.24, 2.45) is 0 Å². The second-order valence-corrected chi connectivity index (χ2v) is 5.36. The van der Waals surface area contributed by atoms with Gasteiger partial charge in [0, 0.05) is 17.1 Å². The molecular weight excluding hydrogens is 292 g/mol. The molecule has 0 spiro atoms. The van der Waals surface area contributed by atoms with Crippen LogP contribution in [0.3, 0.4) is 0 Å². The van der Waals surface area contributed by atoms with Gasteiger partial charge in [-0.2, -0.15) is 5.26 Å². The van der Waals surface area contributed by atoms with Crippen molar-refractivity contribution in [3.63, 3.8) is 0 Å². The summed E-state index contributed by atoms with van der Waals surface area (Å²) in [4.78, 5) is 4.47. The molecule has 0 radical (unpaired) electrons. The van der Waals surface area contributed by atoms with E-state index < -0.39 is 0 Å². The van der Waals surface area contributed by atoms with Gasteiger partial charge in [-0.25, -0.2) is 4.98 Å². The van der Waals surface area contributed by atoms with Crippen LogP contribution in [0.5, 0.6) is 5.88 Å². The minimum absolute atomic E-state index is 0.335. The van der Waals surface area contributed by atoms with E-state index >= 15 is 0 Å². The minimum Gasteiger partial charge on any atom is -0.480 e. The lowest BCUT2D eigenvalue weighted by Gasteiger charge is -2.14. The summed E-state index contributed by atoms with van der Waals surface area (Å²) in [6, 6.07) is 4.08. The molecule has 0 unspecified atom stereocenters. The molecule has 116 valence electrons. The summed E-state index contributed by atoms with van der Waals surface area (Å²) in [6.45, 7) is 5.64. The number of aryl methyl sites for hydroxylation is 2. The monoisotopic (exact) mass is 308 g/mol. The SMILES string of the molecule is COc1nnc(C)c(-n2c(N)c(C#N)c3cc(C)cnc32)c1C. The van der Waals surface area contributed by atoms with Gasteiger partial charge >= 0.3 is 0 Å². The van der Waals surface area contributed by atoms with Crippen molar-refractivity contribution in [3.8, 4) is 17.6 Å². The maximum atomic E-state index is 9.48. The lowest BCUT2D eigenvalue weighted by Crippen LogP contribution is -2.09. The standard InChI is InChI=1S/C16H16N6O/c1-8-5-11-12(6-17)14(18)22(15(11)19-7-8)13-9(2)16(23-4)21-20-10(13)3/h5,7H,18H2,1-4H3. The molecule has 0 aliphatic carbocycles. The van der Waals surface area contributed by atoms with Crippen LogP contribution >= 0.6 is 0 Å². The molecule has 0 saturated heterocycles. The van der Waals surface area contributed by atoms with Gasteiger partial charge in [-0.3, -0.25) is 4.57 Å². The summed E-state index contributed by atoms with van der Waals surface area (Å²) >= 11 is 0. The molecular formula is C16H16N6O. The van der Waals surface area contributed by atoms with Crippen LogP contribution in [-0.2, 0) is 0 Å². The summed E-state index contributed by atoms with van der Waals surface area (Å²) in [5.41, 5.74) is 10.4. The van der Waals surface area contributed by atoms with E-state index in [-0.39, 0.29) is 0 Å². The van der Waals surface area contributed by atoms with Gasteiger partial charge in [-0.05, 0) is 32.4 Å². The third kappa shape index (κ3) is 2.07. The highest BCUT2D eigenvalue weighted by Crippen LogP contribution is 2.34. The van der Waals surface area contributed by atoms with Gasteiger partial charge in [0.1, 0.15) is 23.1 Å². The predicted octanol–water partition coefficient (Wildman–Crippen LogP) is 2.20. The molecule has 0 fully saturated rings. The Hall–Kier alpha value is -3.14. The number of ether oxygens (including phenoxy) is 1. The van der Waals surface area contributed by atoms with E-state index in [1.165, 1.54) is 7.11 Å². The number of hydrogen-bond donors (Lipinski definition) is 1. The Morgan fingerprint density at radius 2 is 2.00 bits per heavy atom. The third-order valence-corrected chi connectivity index (χ3v) is 3.82. The summed E-state index contributed by atoms with van der Waals surface area (Å²) in [5, 5.41) is 18.4. The molecule has 3 aromatic heterocycles. The number of methoxy groups -OCH3 is 1. The van der Waals surface area contributed by atoms with Crippen LogP contribution in [0, 0.1) is 32.1 Å². The van der Waals surface area contributed by atoms with Crippen LogP contribution in [-0.4, -0.2) is 26.9 Å². The quantitative estimate of drug-likeness (QED) is 0.778. The zero-order valence-corrected chi connectivity index (χ0v) is 13.4. The summed E-state index contributed by atoms with van der Waals surface area (Å²) in [6.07, 6.45) is 1.75. The summed E-state index contributed by atoms with van der Waals surface area (Å²) in [7, 11) is 1.54. The fraction of sp³-hybridized carbons (Fsp3) is 0.250. The van der Waals surface area contributed by atoms with Crippen LogP contribution in [0.4, 0.5) is 5.82 Å². The Morgan fingerprint density at radius 3 is 2.65 bits per heavy atom. The van der Waals surface area contributed by atoms with E-state index in [4.69, 9.17) is 10.5 Å². The molecule has 7 heteroatoms. The maximum absolute atomic E-state index is 9.48. The number of fused-ring (bicyclic) bond motifs is 1. The van der Waals surface area contributed by atoms with Gasteiger partial charge in [-0.1, -0.05) is 0 Å². The Balaban J connectivity index is 2.48.